The van der Waals surface area contributed by atoms with E-state index in [4.69, 9.17) is 0 Å². The smallest absolute Gasteiger partial charge is 0.0643 e. The Labute approximate surface area is 113 Å². The molecule has 0 spiro atoms. The van der Waals surface area contributed by atoms with Crippen LogP contribution in [0.4, 0.5) is 0 Å². The standard InChI is InChI=1S/C16H32O2/c1-3-4-5-6-7-8-9-11-16(13-17)12-10-14(2)15(16)18/h14-15,17-18H,3-13H2,1-2H3/t14-,15+,16-/m1/s1. The minimum atomic E-state index is -0.289. The molecule has 1 fully saturated rings. The zero-order valence-corrected chi connectivity index (χ0v) is 12.3. The highest BCUT2D eigenvalue weighted by Crippen LogP contribution is 2.45. The maximum atomic E-state index is 10.2. The van der Waals surface area contributed by atoms with E-state index in [1.165, 1.54) is 38.5 Å². The highest BCUT2D eigenvalue weighted by atomic mass is 16.3. The summed E-state index contributed by atoms with van der Waals surface area (Å²) in [5, 5.41) is 19.8. The van der Waals surface area contributed by atoms with Gasteiger partial charge in [0, 0.05) is 5.41 Å². The van der Waals surface area contributed by atoms with Crippen molar-refractivity contribution < 1.29 is 10.2 Å². The summed E-state index contributed by atoms with van der Waals surface area (Å²) in [5.74, 6) is 0.363. The molecule has 0 saturated heterocycles. The Hall–Kier alpha value is -0.0800. The molecule has 0 amide bonds. The second-order valence-corrected chi connectivity index (χ2v) is 6.35. The van der Waals surface area contributed by atoms with Gasteiger partial charge in [-0.1, -0.05) is 58.8 Å². The van der Waals surface area contributed by atoms with Crippen LogP contribution < -0.4 is 0 Å². The van der Waals surface area contributed by atoms with Crippen molar-refractivity contribution >= 4 is 0 Å². The molecule has 1 aliphatic rings. The van der Waals surface area contributed by atoms with Gasteiger partial charge in [-0.15, -0.1) is 0 Å². The quantitative estimate of drug-likeness (QED) is 0.614. The zero-order valence-electron chi connectivity index (χ0n) is 12.3. The molecule has 2 N–H and O–H groups in total. The molecule has 0 aromatic carbocycles. The molecule has 0 aliphatic heterocycles. The van der Waals surface area contributed by atoms with E-state index >= 15 is 0 Å². The fourth-order valence-electron chi connectivity index (χ4n) is 3.38. The monoisotopic (exact) mass is 256 g/mol. The fraction of sp³-hybridized carbons (Fsp3) is 1.00. The van der Waals surface area contributed by atoms with Crippen LogP contribution in [-0.4, -0.2) is 22.9 Å². The van der Waals surface area contributed by atoms with E-state index < -0.39 is 0 Å². The molecule has 1 aliphatic carbocycles. The van der Waals surface area contributed by atoms with Crippen LogP contribution in [0.2, 0.25) is 0 Å². The van der Waals surface area contributed by atoms with Crippen LogP contribution >= 0.6 is 0 Å². The van der Waals surface area contributed by atoms with Crippen molar-refractivity contribution in [1.29, 1.82) is 0 Å². The van der Waals surface area contributed by atoms with Crippen molar-refractivity contribution in [1.82, 2.24) is 0 Å². The van der Waals surface area contributed by atoms with Crippen LogP contribution in [0.5, 0.6) is 0 Å². The lowest BCUT2D eigenvalue weighted by atomic mass is 9.79. The van der Waals surface area contributed by atoms with E-state index in [2.05, 4.69) is 13.8 Å². The van der Waals surface area contributed by atoms with Crippen molar-refractivity contribution in [3.8, 4) is 0 Å². The minimum Gasteiger partial charge on any atom is -0.396 e. The third-order valence-electron chi connectivity index (χ3n) is 4.86. The van der Waals surface area contributed by atoms with Crippen molar-refractivity contribution in [3.05, 3.63) is 0 Å². The lowest BCUT2D eigenvalue weighted by molar-refractivity contribution is -0.0177. The first-order valence-corrected chi connectivity index (χ1v) is 7.95. The van der Waals surface area contributed by atoms with Crippen molar-refractivity contribution in [2.75, 3.05) is 6.61 Å². The first-order valence-electron chi connectivity index (χ1n) is 7.95. The summed E-state index contributed by atoms with van der Waals surface area (Å²) in [7, 11) is 0. The summed E-state index contributed by atoms with van der Waals surface area (Å²) in [6.07, 6.45) is 11.9. The highest BCUT2D eigenvalue weighted by molar-refractivity contribution is 4.94. The average molecular weight is 256 g/mol. The number of unbranched alkanes of at least 4 members (excludes halogenated alkanes) is 6. The van der Waals surface area contributed by atoms with Gasteiger partial charge < -0.3 is 10.2 Å². The molecule has 0 aromatic heterocycles. The molecule has 1 saturated carbocycles. The third kappa shape index (κ3) is 4.24. The summed E-state index contributed by atoms with van der Waals surface area (Å²) < 4.78 is 0. The summed E-state index contributed by atoms with van der Waals surface area (Å²) in [6, 6.07) is 0. The second-order valence-electron chi connectivity index (χ2n) is 6.35. The van der Waals surface area contributed by atoms with Gasteiger partial charge in [0.05, 0.1) is 12.7 Å². The van der Waals surface area contributed by atoms with Crippen LogP contribution in [-0.2, 0) is 0 Å². The Balaban J connectivity index is 2.16. The maximum absolute atomic E-state index is 10.2. The molecule has 0 heterocycles. The number of aliphatic hydroxyl groups is 2. The predicted molar refractivity (Wildman–Crippen MR) is 76.5 cm³/mol. The molecule has 1 rings (SSSR count). The summed E-state index contributed by atoms with van der Waals surface area (Å²) in [6.45, 7) is 4.51. The van der Waals surface area contributed by atoms with E-state index in [1.807, 2.05) is 0 Å². The van der Waals surface area contributed by atoms with Gasteiger partial charge in [-0.25, -0.2) is 0 Å². The predicted octanol–water partition coefficient (Wildman–Crippen LogP) is 3.90. The van der Waals surface area contributed by atoms with Gasteiger partial charge in [0.1, 0.15) is 0 Å². The summed E-state index contributed by atoms with van der Waals surface area (Å²) >= 11 is 0. The van der Waals surface area contributed by atoms with E-state index in [0.717, 1.165) is 25.7 Å². The highest BCUT2D eigenvalue weighted by Gasteiger charge is 2.44. The molecular formula is C16H32O2. The SMILES string of the molecule is CCCCCCCCC[C@]1(CO)CC[C@@H](C)[C@@H]1O. The minimum absolute atomic E-state index is 0.161. The molecule has 0 unspecified atom stereocenters. The van der Waals surface area contributed by atoms with Gasteiger partial charge in [0.25, 0.3) is 0 Å². The van der Waals surface area contributed by atoms with Crippen molar-refractivity contribution in [2.45, 2.75) is 84.2 Å². The van der Waals surface area contributed by atoms with Crippen LogP contribution in [0.3, 0.4) is 0 Å². The van der Waals surface area contributed by atoms with E-state index in [-0.39, 0.29) is 18.1 Å². The topological polar surface area (TPSA) is 40.5 Å². The van der Waals surface area contributed by atoms with Gasteiger partial charge in [0.15, 0.2) is 0 Å². The van der Waals surface area contributed by atoms with Crippen LogP contribution in [0, 0.1) is 11.3 Å². The number of hydrogen-bond donors (Lipinski definition) is 2. The second kappa shape index (κ2) is 8.16. The fourth-order valence-corrected chi connectivity index (χ4v) is 3.38. The number of rotatable bonds is 9. The Morgan fingerprint density at radius 3 is 2.17 bits per heavy atom. The van der Waals surface area contributed by atoms with E-state index in [9.17, 15) is 10.2 Å². The Morgan fingerprint density at radius 2 is 1.67 bits per heavy atom. The van der Waals surface area contributed by atoms with Gasteiger partial charge in [0.2, 0.25) is 0 Å². The van der Waals surface area contributed by atoms with Gasteiger partial charge in [-0.2, -0.15) is 0 Å². The molecule has 108 valence electrons. The number of hydrogen-bond acceptors (Lipinski definition) is 2. The first-order chi connectivity index (χ1) is 8.66. The molecule has 0 bridgehead atoms. The lowest BCUT2D eigenvalue weighted by Gasteiger charge is -2.32. The maximum Gasteiger partial charge on any atom is 0.0643 e. The van der Waals surface area contributed by atoms with Crippen molar-refractivity contribution in [3.63, 3.8) is 0 Å². The molecule has 3 atom stereocenters. The van der Waals surface area contributed by atoms with E-state index in [1.54, 1.807) is 0 Å². The van der Waals surface area contributed by atoms with Gasteiger partial charge in [-0.3, -0.25) is 0 Å². The normalized spacial score (nSPS) is 32.0. The molecule has 0 radical (unpaired) electrons. The molecular weight excluding hydrogens is 224 g/mol. The van der Waals surface area contributed by atoms with Crippen LogP contribution in [0.25, 0.3) is 0 Å². The number of aliphatic hydroxyl groups excluding tert-OH is 2. The van der Waals surface area contributed by atoms with Crippen LogP contribution in [0.1, 0.15) is 78.1 Å². The molecule has 2 nitrogen and oxygen atoms in total. The van der Waals surface area contributed by atoms with Crippen molar-refractivity contribution in [2.24, 2.45) is 11.3 Å². The largest absolute Gasteiger partial charge is 0.396 e. The Bertz CT molecular complexity index is 217. The lowest BCUT2D eigenvalue weighted by Crippen LogP contribution is -2.36. The summed E-state index contributed by atoms with van der Waals surface area (Å²) in [4.78, 5) is 0. The molecule has 2 heteroatoms. The van der Waals surface area contributed by atoms with Crippen LogP contribution in [0.15, 0.2) is 0 Å². The summed E-state index contributed by atoms with van der Waals surface area (Å²) in [5.41, 5.74) is -0.178. The Morgan fingerprint density at radius 1 is 1.06 bits per heavy atom. The molecule has 0 aromatic rings. The van der Waals surface area contributed by atoms with Gasteiger partial charge in [-0.05, 0) is 25.2 Å². The zero-order chi connectivity index (χ0) is 13.4. The first kappa shape index (κ1) is 16.0. The third-order valence-corrected chi connectivity index (χ3v) is 4.86. The van der Waals surface area contributed by atoms with E-state index in [0.29, 0.717) is 5.92 Å². The molecule has 18 heavy (non-hydrogen) atoms. The average Bonchev–Trinajstić information content (AvgIpc) is 2.67. The Kier molecular flexibility index (Phi) is 7.25. The van der Waals surface area contributed by atoms with Gasteiger partial charge >= 0.3 is 0 Å².